The van der Waals surface area contributed by atoms with Crippen molar-refractivity contribution < 1.29 is 9.53 Å². The van der Waals surface area contributed by atoms with Crippen molar-refractivity contribution in [2.75, 3.05) is 0 Å². The van der Waals surface area contributed by atoms with E-state index in [2.05, 4.69) is 13.0 Å². The van der Waals surface area contributed by atoms with Gasteiger partial charge in [0.15, 0.2) is 0 Å². The molecule has 0 amide bonds. The third-order valence-corrected chi connectivity index (χ3v) is 4.74. The highest BCUT2D eigenvalue weighted by atomic mass is 35.5. The van der Waals surface area contributed by atoms with Gasteiger partial charge >= 0.3 is 5.97 Å². The van der Waals surface area contributed by atoms with Crippen LogP contribution in [-0.2, 0) is 9.53 Å². The fourth-order valence-electron chi connectivity index (χ4n) is 3.18. The summed E-state index contributed by atoms with van der Waals surface area (Å²) in [5, 5.41) is 0. The first-order valence-electron chi connectivity index (χ1n) is 7.27. The molecular weight excluding hydrogens is 295 g/mol. The number of rotatable bonds is 5. The van der Waals surface area contributed by atoms with Crippen LogP contribution in [0.4, 0.5) is 0 Å². The molecule has 0 aliphatic heterocycles. The van der Waals surface area contributed by atoms with E-state index >= 15 is 0 Å². The molecule has 4 heteroatoms. The summed E-state index contributed by atoms with van der Waals surface area (Å²) in [6.45, 7) is 6.26. The first-order chi connectivity index (χ1) is 9.36. The molecule has 0 aromatic heterocycles. The average Bonchev–Trinajstić information content (AvgIpc) is 2.70. The van der Waals surface area contributed by atoms with E-state index in [1.807, 2.05) is 13.8 Å². The van der Waals surface area contributed by atoms with Crippen molar-refractivity contribution in [3.05, 3.63) is 22.2 Å². The monoisotopic (exact) mass is 316 g/mol. The van der Waals surface area contributed by atoms with E-state index in [9.17, 15) is 4.79 Å². The van der Waals surface area contributed by atoms with Gasteiger partial charge in [0.2, 0.25) is 0 Å². The van der Waals surface area contributed by atoms with Gasteiger partial charge in [-0.2, -0.15) is 0 Å². The van der Waals surface area contributed by atoms with Crippen LogP contribution < -0.4 is 0 Å². The van der Waals surface area contributed by atoms with Crippen LogP contribution in [0.25, 0.3) is 0 Å². The number of carbonyl (C=O) groups is 1. The molecule has 2 unspecified atom stereocenters. The Morgan fingerprint density at radius 2 is 2.20 bits per heavy atom. The Hall–Kier alpha value is -0.470. The highest BCUT2D eigenvalue weighted by Crippen LogP contribution is 2.60. The van der Waals surface area contributed by atoms with Gasteiger partial charge in [-0.1, -0.05) is 62.0 Å². The molecule has 112 valence electrons. The standard InChI is InChI=1S/C16H22Cl2O2/c1-4-5-10-6-7-11(8-10)20-15(19)14-12(9-13(17)18)16(14,2)3/h6,9,11-12,14H,4-5,7-8H2,1-3H3/t11?,12?,14-/m0/s1. The number of allylic oxidation sites excluding steroid dienone is 1. The van der Waals surface area contributed by atoms with E-state index in [1.165, 1.54) is 5.57 Å². The lowest BCUT2D eigenvalue weighted by Gasteiger charge is -2.13. The van der Waals surface area contributed by atoms with Crippen LogP contribution in [0, 0.1) is 17.3 Å². The fourth-order valence-corrected chi connectivity index (χ4v) is 3.46. The zero-order valence-electron chi connectivity index (χ0n) is 12.3. The molecule has 0 bridgehead atoms. The average molecular weight is 317 g/mol. The Kier molecular flexibility index (Phi) is 4.86. The van der Waals surface area contributed by atoms with Gasteiger partial charge in [0.25, 0.3) is 0 Å². The van der Waals surface area contributed by atoms with Crippen molar-refractivity contribution >= 4 is 29.2 Å². The van der Waals surface area contributed by atoms with Crippen LogP contribution in [0.15, 0.2) is 22.2 Å². The molecule has 2 aliphatic rings. The third-order valence-electron chi connectivity index (χ3n) is 4.48. The van der Waals surface area contributed by atoms with Crippen LogP contribution in [0.2, 0.25) is 0 Å². The highest BCUT2D eigenvalue weighted by Gasteiger charge is 2.61. The van der Waals surface area contributed by atoms with E-state index in [4.69, 9.17) is 27.9 Å². The minimum absolute atomic E-state index is 0.0246. The second kappa shape index (κ2) is 6.11. The van der Waals surface area contributed by atoms with Crippen molar-refractivity contribution in [1.29, 1.82) is 0 Å². The predicted molar refractivity (Wildman–Crippen MR) is 82.7 cm³/mol. The molecule has 0 heterocycles. The summed E-state index contributed by atoms with van der Waals surface area (Å²) in [6, 6.07) is 0. The molecule has 0 saturated heterocycles. The lowest BCUT2D eigenvalue weighted by Crippen LogP contribution is -2.18. The molecule has 0 spiro atoms. The van der Waals surface area contributed by atoms with Crippen molar-refractivity contribution in [2.24, 2.45) is 17.3 Å². The summed E-state index contributed by atoms with van der Waals surface area (Å²) in [4.78, 5) is 12.3. The maximum Gasteiger partial charge on any atom is 0.310 e. The van der Waals surface area contributed by atoms with Crippen LogP contribution in [-0.4, -0.2) is 12.1 Å². The number of halogens is 2. The maximum absolute atomic E-state index is 12.3. The van der Waals surface area contributed by atoms with Crippen LogP contribution in [0.5, 0.6) is 0 Å². The topological polar surface area (TPSA) is 26.3 Å². The quantitative estimate of drug-likeness (QED) is 0.526. The largest absolute Gasteiger partial charge is 0.461 e. The van der Waals surface area contributed by atoms with Gasteiger partial charge in [0, 0.05) is 12.8 Å². The van der Waals surface area contributed by atoms with Gasteiger partial charge in [-0.05, 0) is 23.8 Å². The Morgan fingerprint density at radius 3 is 2.80 bits per heavy atom. The second-order valence-electron chi connectivity index (χ2n) is 6.39. The number of carbonyl (C=O) groups excluding carboxylic acids is 1. The fraction of sp³-hybridized carbons (Fsp3) is 0.688. The SMILES string of the molecule is CCCC1=CCC(OC(=O)[C@@H]2C(C=C(Cl)Cl)C2(C)C)C1. The molecular formula is C16H22Cl2O2. The van der Waals surface area contributed by atoms with E-state index in [-0.39, 0.29) is 33.8 Å². The smallest absolute Gasteiger partial charge is 0.310 e. The Labute approximate surface area is 131 Å². The zero-order chi connectivity index (χ0) is 14.9. The van der Waals surface area contributed by atoms with Crippen LogP contribution >= 0.6 is 23.2 Å². The molecule has 0 aromatic rings. The summed E-state index contributed by atoms with van der Waals surface area (Å²) in [7, 11) is 0. The molecule has 0 radical (unpaired) electrons. The van der Waals surface area contributed by atoms with Crippen molar-refractivity contribution in [2.45, 2.75) is 52.6 Å². The lowest BCUT2D eigenvalue weighted by atomic mass is 10.1. The Morgan fingerprint density at radius 1 is 1.50 bits per heavy atom. The molecule has 3 atom stereocenters. The summed E-state index contributed by atoms with van der Waals surface area (Å²) >= 11 is 11.4. The number of esters is 1. The first-order valence-corrected chi connectivity index (χ1v) is 8.03. The molecule has 20 heavy (non-hydrogen) atoms. The maximum atomic E-state index is 12.3. The number of hydrogen-bond acceptors (Lipinski definition) is 2. The number of ether oxygens (including phenoxy) is 1. The Balaban J connectivity index is 1.87. The molecule has 2 nitrogen and oxygen atoms in total. The van der Waals surface area contributed by atoms with E-state index in [1.54, 1.807) is 6.08 Å². The third kappa shape index (κ3) is 3.40. The van der Waals surface area contributed by atoms with Crippen LogP contribution in [0.3, 0.4) is 0 Å². The van der Waals surface area contributed by atoms with Gasteiger partial charge in [-0.25, -0.2) is 0 Å². The molecule has 1 saturated carbocycles. The van der Waals surface area contributed by atoms with E-state index in [0.717, 1.165) is 25.7 Å². The van der Waals surface area contributed by atoms with Gasteiger partial charge in [0.05, 0.1) is 5.92 Å². The van der Waals surface area contributed by atoms with Gasteiger partial charge in [-0.3, -0.25) is 4.79 Å². The summed E-state index contributed by atoms with van der Waals surface area (Å²) in [5.74, 6) is -0.142. The number of hydrogen-bond donors (Lipinski definition) is 0. The van der Waals surface area contributed by atoms with Crippen molar-refractivity contribution in [3.8, 4) is 0 Å². The Bertz CT molecular complexity index is 447. The van der Waals surface area contributed by atoms with E-state index in [0.29, 0.717) is 0 Å². The summed E-state index contributed by atoms with van der Waals surface area (Å²) < 4.78 is 5.88. The van der Waals surface area contributed by atoms with Gasteiger partial charge in [-0.15, -0.1) is 0 Å². The predicted octanol–water partition coefficient (Wildman–Crippen LogP) is 5.01. The second-order valence-corrected chi connectivity index (χ2v) is 7.40. The van der Waals surface area contributed by atoms with E-state index < -0.39 is 0 Å². The molecule has 0 N–H and O–H groups in total. The minimum Gasteiger partial charge on any atom is -0.461 e. The van der Waals surface area contributed by atoms with Crippen molar-refractivity contribution in [1.82, 2.24) is 0 Å². The minimum atomic E-state index is -0.120. The summed E-state index contributed by atoms with van der Waals surface area (Å²) in [6.07, 6.45) is 7.99. The summed E-state index contributed by atoms with van der Waals surface area (Å²) in [5.41, 5.74) is 1.31. The molecule has 2 aliphatic carbocycles. The normalized spacial score (nSPS) is 30.6. The lowest BCUT2D eigenvalue weighted by molar-refractivity contribution is -0.151. The van der Waals surface area contributed by atoms with Gasteiger partial charge < -0.3 is 4.74 Å². The van der Waals surface area contributed by atoms with Crippen LogP contribution in [0.1, 0.15) is 46.5 Å². The molecule has 1 fully saturated rings. The molecule has 0 aromatic carbocycles. The highest BCUT2D eigenvalue weighted by molar-refractivity contribution is 6.55. The van der Waals surface area contributed by atoms with Gasteiger partial charge in [0.1, 0.15) is 10.6 Å². The zero-order valence-corrected chi connectivity index (χ0v) is 13.8. The molecule has 2 rings (SSSR count). The first kappa shape index (κ1) is 15.9. The van der Waals surface area contributed by atoms with Crippen molar-refractivity contribution in [3.63, 3.8) is 0 Å².